The van der Waals surface area contributed by atoms with Crippen LogP contribution in [0.1, 0.15) is 6.42 Å². The molecule has 0 fully saturated rings. The first-order chi connectivity index (χ1) is 7.43. The van der Waals surface area contributed by atoms with Gasteiger partial charge in [0, 0.05) is 9.37 Å². The monoisotopic (exact) mass is 313 g/mol. The van der Waals surface area contributed by atoms with Crippen LogP contribution in [-0.4, -0.2) is 18.0 Å². The van der Waals surface area contributed by atoms with Gasteiger partial charge in [0.2, 0.25) is 0 Å². The van der Waals surface area contributed by atoms with Crippen molar-refractivity contribution in [1.82, 2.24) is 0 Å². The summed E-state index contributed by atoms with van der Waals surface area (Å²) >= 11 is 4.03. The van der Waals surface area contributed by atoms with E-state index < -0.39 is 11.4 Å². The minimum atomic E-state index is -4.21. The van der Waals surface area contributed by atoms with Crippen LogP contribution in [0.2, 0.25) is 0 Å². The molecule has 1 nitrogen and oxygen atoms in total. The van der Waals surface area contributed by atoms with Crippen LogP contribution in [-0.2, 0) is 0 Å². The fourth-order valence-corrected chi connectivity index (χ4v) is 2.39. The molecular weight excluding hydrogens is 303 g/mol. The normalized spacial score (nSPS) is 13.8. The third kappa shape index (κ3) is 4.35. The van der Waals surface area contributed by atoms with E-state index in [2.05, 4.69) is 15.9 Å². The SMILES string of the molecule is NCCC(Sc1ccc(Br)cc1)C(F)(F)F. The molecule has 16 heavy (non-hydrogen) atoms. The molecule has 0 bridgehead atoms. The molecule has 1 atom stereocenters. The van der Waals surface area contributed by atoms with E-state index >= 15 is 0 Å². The molecule has 1 unspecified atom stereocenters. The van der Waals surface area contributed by atoms with Gasteiger partial charge in [-0.3, -0.25) is 0 Å². The maximum Gasteiger partial charge on any atom is 0.400 e. The second kappa shape index (κ2) is 5.93. The first-order valence-corrected chi connectivity index (χ1v) is 6.29. The lowest BCUT2D eigenvalue weighted by molar-refractivity contribution is -0.129. The molecule has 90 valence electrons. The van der Waals surface area contributed by atoms with Gasteiger partial charge in [-0.25, -0.2) is 0 Å². The lowest BCUT2D eigenvalue weighted by Crippen LogP contribution is -2.28. The first-order valence-electron chi connectivity index (χ1n) is 4.62. The molecule has 0 aliphatic heterocycles. The number of benzene rings is 1. The zero-order valence-corrected chi connectivity index (χ0v) is 10.7. The molecule has 6 heteroatoms. The summed E-state index contributed by atoms with van der Waals surface area (Å²) in [6.45, 7) is 0.0354. The van der Waals surface area contributed by atoms with Crippen molar-refractivity contribution in [2.75, 3.05) is 6.54 Å². The molecule has 0 heterocycles. The lowest BCUT2D eigenvalue weighted by Gasteiger charge is -2.18. The van der Waals surface area contributed by atoms with Crippen LogP contribution in [0.25, 0.3) is 0 Å². The van der Waals surface area contributed by atoms with Gasteiger partial charge in [0.05, 0.1) is 0 Å². The van der Waals surface area contributed by atoms with Crippen LogP contribution in [0.5, 0.6) is 0 Å². The van der Waals surface area contributed by atoms with Crippen molar-refractivity contribution in [3.8, 4) is 0 Å². The molecule has 0 aromatic heterocycles. The molecular formula is C10H11BrF3NS. The highest BCUT2D eigenvalue weighted by molar-refractivity contribution is 9.10. The van der Waals surface area contributed by atoms with Gasteiger partial charge in [0.1, 0.15) is 5.25 Å². The third-order valence-electron chi connectivity index (χ3n) is 1.89. The molecule has 1 aromatic rings. The Morgan fingerprint density at radius 1 is 1.25 bits per heavy atom. The number of hydrogen-bond donors (Lipinski definition) is 1. The number of nitrogens with two attached hydrogens (primary N) is 1. The Bertz CT molecular complexity index is 326. The Morgan fingerprint density at radius 3 is 2.25 bits per heavy atom. The quantitative estimate of drug-likeness (QED) is 0.855. The maximum atomic E-state index is 12.6. The fraction of sp³-hybridized carbons (Fsp3) is 0.400. The molecule has 0 aliphatic rings. The highest BCUT2D eigenvalue weighted by Crippen LogP contribution is 2.37. The van der Waals surface area contributed by atoms with Crippen LogP contribution in [0.3, 0.4) is 0 Å². The molecule has 1 aromatic carbocycles. The van der Waals surface area contributed by atoms with Gasteiger partial charge in [-0.15, -0.1) is 11.8 Å². The second-order valence-electron chi connectivity index (χ2n) is 3.18. The topological polar surface area (TPSA) is 26.0 Å². The standard InChI is InChI=1S/C10H11BrF3NS/c11-7-1-3-8(4-2-7)16-9(5-6-15)10(12,13)14/h1-4,9H,5-6,15H2. The number of hydrogen-bond acceptors (Lipinski definition) is 2. The molecule has 0 aliphatic carbocycles. The Balaban J connectivity index is 2.72. The average Bonchev–Trinajstić information content (AvgIpc) is 2.19. The van der Waals surface area contributed by atoms with Crippen molar-refractivity contribution in [3.63, 3.8) is 0 Å². The van der Waals surface area contributed by atoms with Gasteiger partial charge in [-0.1, -0.05) is 15.9 Å². The minimum absolute atomic E-state index is 0.0354. The molecule has 0 saturated heterocycles. The van der Waals surface area contributed by atoms with Crippen LogP contribution in [0, 0.1) is 0 Å². The van der Waals surface area contributed by atoms with E-state index in [-0.39, 0.29) is 13.0 Å². The van der Waals surface area contributed by atoms with Crippen LogP contribution in [0.15, 0.2) is 33.6 Å². The van der Waals surface area contributed by atoms with Crippen molar-refractivity contribution in [3.05, 3.63) is 28.7 Å². The van der Waals surface area contributed by atoms with E-state index in [4.69, 9.17) is 5.73 Å². The van der Waals surface area contributed by atoms with Crippen molar-refractivity contribution in [1.29, 1.82) is 0 Å². The number of alkyl halides is 3. The molecule has 1 rings (SSSR count). The average molecular weight is 314 g/mol. The largest absolute Gasteiger partial charge is 0.400 e. The smallest absolute Gasteiger partial charge is 0.330 e. The van der Waals surface area contributed by atoms with Gasteiger partial charge in [0.15, 0.2) is 0 Å². The summed E-state index contributed by atoms with van der Waals surface area (Å²) in [7, 11) is 0. The van der Waals surface area contributed by atoms with E-state index in [1.165, 1.54) is 0 Å². The summed E-state index contributed by atoms with van der Waals surface area (Å²) in [5.41, 5.74) is 5.18. The van der Waals surface area contributed by atoms with E-state index in [1.807, 2.05) is 0 Å². The number of halogens is 4. The Morgan fingerprint density at radius 2 is 1.81 bits per heavy atom. The molecule has 2 N–H and O–H groups in total. The van der Waals surface area contributed by atoms with Crippen LogP contribution < -0.4 is 5.73 Å². The summed E-state index contributed by atoms with van der Waals surface area (Å²) in [4.78, 5) is 0.596. The summed E-state index contributed by atoms with van der Waals surface area (Å²) in [5.74, 6) is 0. The van der Waals surface area contributed by atoms with E-state index in [0.29, 0.717) is 4.90 Å². The van der Waals surface area contributed by atoms with E-state index in [0.717, 1.165) is 16.2 Å². The minimum Gasteiger partial charge on any atom is -0.330 e. The Kier molecular flexibility index (Phi) is 5.14. The molecule has 0 amide bonds. The Labute approximate surface area is 105 Å². The summed E-state index contributed by atoms with van der Waals surface area (Å²) in [5, 5.41) is -1.43. The zero-order valence-electron chi connectivity index (χ0n) is 8.30. The molecule has 0 spiro atoms. The number of thioether (sulfide) groups is 1. The van der Waals surface area contributed by atoms with E-state index in [9.17, 15) is 13.2 Å². The molecule has 0 saturated carbocycles. The summed E-state index contributed by atoms with van der Waals surface area (Å²) in [6.07, 6.45) is -4.28. The first kappa shape index (κ1) is 13.9. The highest BCUT2D eigenvalue weighted by atomic mass is 79.9. The summed E-state index contributed by atoms with van der Waals surface area (Å²) < 4.78 is 38.6. The van der Waals surface area contributed by atoms with Crippen molar-refractivity contribution in [2.24, 2.45) is 5.73 Å². The zero-order chi connectivity index (χ0) is 12.2. The van der Waals surface area contributed by atoms with Crippen LogP contribution >= 0.6 is 27.7 Å². The maximum absolute atomic E-state index is 12.6. The van der Waals surface area contributed by atoms with Crippen molar-refractivity contribution >= 4 is 27.7 Å². The number of rotatable bonds is 4. The van der Waals surface area contributed by atoms with Gasteiger partial charge in [-0.2, -0.15) is 13.2 Å². The van der Waals surface area contributed by atoms with Gasteiger partial charge in [0.25, 0.3) is 0 Å². The molecule has 0 radical (unpaired) electrons. The lowest BCUT2D eigenvalue weighted by atomic mass is 10.3. The summed E-state index contributed by atoms with van der Waals surface area (Å²) in [6, 6.07) is 6.75. The van der Waals surface area contributed by atoms with Crippen LogP contribution in [0.4, 0.5) is 13.2 Å². The predicted octanol–water partition coefficient (Wildman–Crippen LogP) is 3.82. The second-order valence-corrected chi connectivity index (χ2v) is 5.37. The van der Waals surface area contributed by atoms with Gasteiger partial charge >= 0.3 is 6.18 Å². The van der Waals surface area contributed by atoms with Crippen molar-refractivity contribution < 1.29 is 13.2 Å². The van der Waals surface area contributed by atoms with Crippen molar-refractivity contribution in [2.45, 2.75) is 22.7 Å². The van der Waals surface area contributed by atoms with E-state index in [1.54, 1.807) is 24.3 Å². The predicted molar refractivity (Wildman–Crippen MR) is 63.5 cm³/mol. The van der Waals surface area contributed by atoms with Gasteiger partial charge < -0.3 is 5.73 Å². The highest BCUT2D eigenvalue weighted by Gasteiger charge is 2.39. The van der Waals surface area contributed by atoms with Gasteiger partial charge in [-0.05, 0) is 37.2 Å². The Hall–Kier alpha value is -0.200. The fourth-order valence-electron chi connectivity index (χ4n) is 1.12. The third-order valence-corrected chi connectivity index (χ3v) is 3.75.